The van der Waals surface area contributed by atoms with Crippen molar-refractivity contribution in [2.45, 2.75) is 122 Å². The van der Waals surface area contributed by atoms with E-state index < -0.39 is 5.97 Å². The lowest BCUT2D eigenvalue weighted by Gasteiger charge is -2.07. The Morgan fingerprint density at radius 3 is 1.30 bits per heavy atom. The maximum absolute atomic E-state index is 11.7. The second-order valence-electron chi connectivity index (χ2n) is 8.65. The van der Waals surface area contributed by atoms with E-state index in [0.717, 1.165) is 12.8 Å². The highest BCUT2D eigenvalue weighted by atomic mass is 16.6. The van der Waals surface area contributed by atoms with Gasteiger partial charge >= 0.3 is 17.9 Å². The van der Waals surface area contributed by atoms with Crippen molar-refractivity contribution in [3.63, 3.8) is 0 Å². The fourth-order valence-corrected chi connectivity index (χ4v) is 3.51. The first-order chi connectivity index (χ1) is 16.1. The van der Waals surface area contributed by atoms with Crippen LogP contribution >= 0.6 is 0 Å². The molecule has 0 spiro atoms. The minimum absolute atomic E-state index is 0.0640. The Bertz CT molecular complexity index is 479. The fourth-order valence-electron chi connectivity index (χ4n) is 3.51. The Hall–Kier alpha value is -1.63. The molecule has 33 heavy (non-hydrogen) atoms. The van der Waals surface area contributed by atoms with Gasteiger partial charge in [-0.3, -0.25) is 14.4 Å². The number of ether oxygens (including phenoxy) is 3. The lowest BCUT2D eigenvalue weighted by molar-refractivity contribution is -0.147. The van der Waals surface area contributed by atoms with Crippen LogP contribution in [0.25, 0.3) is 0 Å². The van der Waals surface area contributed by atoms with Gasteiger partial charge in [0.1, 0.15) is 13.2 Å². The molecule has 7 nitrogen and oxygen atoms in total. The largest absolute Gasteiger partial charge is 0.481 e. The lowest BCUT2D eigenvalue weighted by Crippen LogP contribution is -2.14. The predicted octanol–water partition coefficient (Wildman–Crippen LogP) is 6.22. The van der Waals surface area contributed by atoms with Crippen LogP contribution in [0.5, 0.6) is 0 Å². The molecule has 0 bridgehead atoms. The van der Waals surface area contributed by atoms with Crippen molar-refractivity contribution in [1.29, 1.82) is 0 Å². The van der Waals surface area contributed by atoms with Gasteiger partial charge in [0.2, 0.25) is 0 Å². The molecule has 1 N–H and O–H groups in total. The molecule has 0 fully saturated rings. The molecule has 0 aromatic heterocycles. The maximum Gasteiger partial charge on any atom is 0.305 e. The molecule has 0 aliphatic carbocycles. The van der Waals surface area contributed by atoms with Crippen LogP contribution in [0, 0.1) is 0 Å². The summed E-state index contributed by atoms with van der Waals surface area (Å²) >= 11 is 0. The van der Waals surface area contributed by atoms with Gasteiger partial charge in [-0.2, -0.15) is 0 Å². The van der Waals surface area contributed by atoms with Crippen LogP contribution in [-0.2, 0) is 28.6 Å². The summed E-state index contributed by atoms with van der Waals surface area (Å²) in [4.78, 5) is 33.5. The molecule has 0 amide bonds. The van der Waals surface area contributed by atoms with Crippen molar-refractivity contribution in [3.05, 3.63) is 0 Å². The summed E-state index contributed by atoms with van der Waals surface area (Å²) in [6.07, 6.45) is 18.3. The molecular formula is C26H48O7. The normalized spacial score (nSPS) is 10.8. The van der Waals surface area contributed by atoms with Crippen LogP contribution in [0.15, 0.2) is 0 Å². The summed E-state index contributed by atoms with van der Waals surface area (Å²) < 4.78 is 15.4. The number of carboxylic acids is 1. The quantitative estimate of drug-likeness (QED) is 0.124. The third-order valence-electron chi connectivity index (χ3n) is 5.49. The van der Waals surface area contributed by atoms with E-state index in [2.05, 4.69) is 6.92 Å². The molecule has 0 rings (SSSR count). The van der Waals surface area contributed by atoms with Gasteiger partial charge in [-0.25, -0.2) is 0 Å². The van der Waals surface area contributed by atoms with E-state index in [1.807, 2.05) is 0 Å². The number of aliphatic carboxylic acids is 1. The Kier molecular flexibility index (Phi) is 23.8. The SMILES string of the molecule is CCCCCCCCCCCCCCCC(=O)OCCOCCOC(=O)CCCCC(=O)O. The lowest BCUT2D eigenvalue weighted by atomic mass is 10.0. The molecule has 194 valence electrons. The van der Waals surface area contributed by atoms with Gasteiger partial charge in [-0.1, -0.05) is 84.0 Å². The third kappa shape index (κ3) is 26.5. The van der Waals surface area contributed by atoms with Gasteiger partial charge in [-0.15, -0.1) is 0 Å². The maximum atomic E-state index is 11.7. The smallest absolute Gasteiger partial charge is 0.305 e. The fraction of sp³-hybridized carbons (Fsp3) is 0.885. The van der Waals surface area contributed by atoms with E-state index in [-0.39, 0.29) is 51.2 Å². The van der Waals surface area contributed by atoms with Crippen molar-refractivity contribution >= 4 is 17.9 Å². The molecule has 0 aromatic carbocycles. The first kappa shape index (κ1) is 31.4. The molecule has 7 heteroatoms. The summed E-state index contributed by atoms with van der Waals surface area (Å²) in [5.41, 5.74) is 0. The Morgan fingerprint density at radius 1 is 0.515 bits per heavy atom. The number of hydrogen-bond acceptors (Lipinski definition) is 6. The van der Waals surface area contributed by atoms with Gasteiger partial charge in [0.15, 0.2) is 0 Å². The molecule has 0 saturated carbocycles. The highest BCUT2D eigenvalue weighted by Gasteiger charge is 2.05. The van der Waals surface area contributed by atoms with E-state index in [1.54, 1.807) is 0 Å². The predicted molar refractivity (Wildman–Crippen MR) is 129 cm³/mol. The number of carbonyl (C=O) groups is 3. The molecule has 0 aliphatic heterocycles. The number of hydrogen-bond donors (Lipinski definition) is 1. The van der Waals surface area contributed by atoms with Gasteiger partial charge < -0.3 is 19.3 Å². The zero-order valence-electron chi connectivity index (χ0n) is 21.0. The molecule has 0 aliphatic rings. The Morgan fingerprint density at radius 2 is 0.879 bits per heavy atom. The number of carboxylic acid groups (broad SMARTS) is 1. The molecule has 0 aromatic rings. The van der Waals surface area contributed by atoms with Crippen molar-refractivity contribution in [2.75, 3.05) is 26.4 Å². The zero-order valence-corrected chi connectivity index (χ0v) is 21.0. The van der Waals surface area contributed by atoms with E-state index >= 15 is 0 Å². The van der Waals surface area contributed by atoms with Crippen LogP contribution in [0.3, 0.4) is 0 Å². The standard InChI is InChI=1S/C26H48O7/c1-2-3-4-5-6-7-8-9-10-11-12-13-14-18-25(29)32-22-20-31-21-23-33-26(30)19-16-15-17-24(27)28/h2-23H2,1H3,(H,27,28). The highest BCUT2D eigenvalue weighted by Crippen LogP contribution is 2.13. The van der Waals surface area contributed by atoms with Crippen molar-refractivity contribution in [3.8, 4) is 0 Å². The first-order valence-electron chi connectivity index (χ1n) is 13.2. The summed E-state index contributed by atoms with van der Waals surface area (Å²) in [6.45, 7) is 3.13. The van der Waals surface area contributed by atoms with E-state index in [1.165, 1.54) is 70.6 Å². The second-order valence-corrected chi connectivity index (χ2v) is 8.65. The topological polar surface area (TPSA) is 99.1 Å². The molecule has 0 atom stereocenters. The highest BCUT2D eigenvalue weighted by molar-refractivity contribution is 5.70. The summed E-state index contributed by atoms with van der Waals surface area (Å²) in [7, 11) is 0. The number of unbranched alkanes of at least 4 members (excludes halogenated alkanes) is 13. The van der Waals surface area contributed by atoms with Crippen LogP contribution in [0.2, 0.25) is 0 Å². The van der Waals surface area contributed by atoms with E-state index in [9.17, 15) is 14.4 Å². The van der Waals surface area contributed by atoms with Crippen LogP contribution in [0.1, 0.15) is 122 Å². The average Bonchev–Trinajstić information content (AvgIpc) is 2.79. The van der Waals surface area contributed by atoms with Gasteiger partial charge in [-0.05, 0) is 19.3 Å². The summed E-state index contributed by atoms with van der Waals surface area (Å²) in [5.74, 6) is -1.40. The minimum atomic E-state index is -0.859. The van der Waals surface area contributed by atoms with Gasteiger partial charge in [0, 0.05) is 19.3 Å². The number of rotatable bonds is 25. The van der Waals surface area contributed by atoms with Crippen LogP contribution in [0.4, 0.5) is 0 Å². The third-order valence-corrected chi connectivity index (χ3v) is 5.49. The Labute approximate surface area is 200 Å². The van der Waals surface area contributed by atoms with Gasteiger partial charge in [0.25, 0.3) is 0 Å². The van der Waals surface area contributed by atoms with Gasteiger partial charge in [0.05, 0.1) is 13.2 Å². The van der Waals surface area contributed by atoms with E-state index in [4.69, 9.17) is 19.3 Å². The monoisotopic (exact) mass is 472 g/mol. The summed E-state index contributed by atoms with van der Waals surface area (Å²) in [6, 6.07) is 0. The summed E-state index contributed by atoms with van der Waals surface area (Å²) in [5, 5.41) is 8.52. The number of esters is 2. The van der Waals surface area contributed by atoms with Crippen molar-refractivity contribution in [2.24, 2.45) is 0 Å². The molecule has 0 radical (unpaired) electrons. The second kappa shape index (κ2) is 25.0. The molecule has 0 saturated heterocycles. The van der Waals surface area contributed by atoms with Crippen molar-refractivity contribution < 1.29 is 33.7 Å². The Balaban J connectivity index is 3.26. The van der Waals surface area contributed by atoms with E-state index in [0.29, 0.717) is 19.3 Å². The van der Waals surface area contributed by atoms with Crippen LogP contribution < -0.4 is 0 Å². The average molecular weight is 473 g/mol. The molecule has 0 heterocycles. The zero-order chi connectivity index (χ0) is 24.4. The minimum Gasteiger partial charge on any atom is -0.481 e. The molecule has 0 unspecified atom stereocenters. The van der Waals surface area contributed by atoms with Crippen LogP contribution in [-0.4, -0.2) is 49.4 Å². The van der Waals surface area contributed by atoms with Crippen molar-refractivity contribution in [1.82, 2.24) is 0 Å². The molecular weight excluding hydrogens is 424 g/mol. The number of carbonyl (C=O) groups excluding carboxylic acids is 2. The first-order valence-corrected chi connectivity index (χ1v) is 13.2.